The fourth-order valence-corrected chi connectivity index (χ4v) is 2.36. The van der Waals surface area contributed by atoms with Crippen LogP contribution in [0, 0.1) is 0 Å². The molecule has 1 heterocycles. The van der Waals surface area contributed by atoms with Crippen LogP contribution in [0.25, 0.3) is 0 Å². The van der Waals surface area contributed by atoms with Gasteiger partial charge >= 0.3 is 0 Å². The highest BCUT2D eigenvalue weighted by molar-refractivity contribution is 6.31. The molecule has 0 aliphatic carbocycles. The molecular weight excluding hydrogens is 333 g/mol. The summed E-state index contributed by atoms with van der Waals surface area (Å²) in [5.41, 5.74) is 1.79. The van der Waals surface area contributed by atoms with E-state index in [-0.39, 0.29) is 0 Å². The van der Waals surface area contributed by atoms with Crippen LogP contribution in [0.1, 0.15) is 5.56 Å². The second-order valence-corrected chi connectivity index (χ2v) is 5.59. The maximum atomic E-state index is 6.12. The van der Waals surface area contributed by atoms with Gasteiger partial charge in [-0.2, -0.15) is 10.1 Å². The third kappa shape index (κ3) is 4.31. The van der Waals surface area contributed by atoms with Gasteiger partial charge in [0, 0.05) is 22.3 Å². The Balaban J connectivity index is 1.69. The number of hydrogen-bond acceptors (Lipinski definition) is 5. The first kappa shape index (κ1) is 15.5. The third-order valence-electron chi connectivity index (χ3n) is 3.05. The minimum atomic E-state index is 0.414. The predicted octanol–water partition coefficient (Wildman–Crippen LogP) is 4.53. The number of benzene rings is 2. The molecule has 0 aliphatic rings. The van der Waals surface area contributed by atoms with Gasteiger partial charge in [-0.25, -0.2) is 0 Å². The van der Waals surface area contributed by atoms with E-state index in [1.54, 1.807) is 12.3 Å². The van der Waals surface area contributed by atoms with Crippen molar-refractivity contribution in [2.45, 2.75) is 6.54 Å². The largest absolute Gasteiger partial charge is 0.349 e. The van der Waals surface area contributed by atoms with Gasteiger partial charge < -0.3 is 10.6 Å². The van der Waals surface area contributed by atoms with Crippen molar-refractivity contribution >= 4 is 40.7 Å². The molecule has 0 saturated carbocycles. The van der Waals surface area contributed by atoms with E-state index in [2.05, 4.69) is 25.8 Å². The number of aromatic nitrogens is 3. The van der Waals surface area contributed by atoms with E-state index in [9.17, 15) is 0 Å². The van der Waals surface area contributed by atoms with Crippen molar-refractivity contribution in [3.05, 3.63) is 70.3 Å². The normalized spacial score (nSPS) is 10.3. The van der Waals surface area contributed by atoms with Crippen LogP contribution in [-0.4, -0.2) is 15.2 Å². The van der Waals surface area contributed by atoms with Crippen LogP contribution in [0.2, 0.25) is 10.0 Å². The highest BCUT2D eigenvalue weighted by Gasteiger charge is 2.03. The lowest BCUT2D eigenvalue weighted by Gasteiger charge is -2.08. The highest BCUT2D eigenvalue weighted by Crippen LogP contribution is 2.19. The average Bonchev–Trinajstić information content (AvgIpc) is 2.54. The molecule has 0 saturated heterocycles. The summed E-state index contributed by atoms with van der Waals surface area (Å²) in [6, 6.07) is 15.0. The Labute approximate surface area is 143 Å². The van der Waals surface area contributed by atoms with Crippen molar-refractivity contribution in [3.63, 3.8) is 0 Å². The fraction of sp³-hybridized carbons (Fsp3) is 0.0625. The molecule has 0 bridgehead atoms. The van der Waals surface area contributed by atoms with Crippen molar-refractivity contribution in [1.82, 2.24) is 15.2 Å². The van der Waals surface area contributed by atoms with Gasteiger partial charge in [-0.3, -0.25) is 0 Å². The van der Waals surface area contributed by atoms with E-state index in [4.69, 9.17) is 23.2 Å². The van der Waals surface area contributed by atoms with Crippen LogP contribution in [0.15, 0.2) is 54.7 Å². The van der Waals surface area contributed by atoms with Crippen molar-refractivity contribution in [2.24, 2.45) is 0 Å². The molecule has 0 unspecified atom stereocenters. The SMILES string of the molecule is Clc1cccc(Nc2cnnc(NCc3ccccc3Cl)n2)c1. The Hall–Kier alpha value is -2.37. The zero-order valence-corrected chi connectivity index (χ0v) is 13.5. The summed E-state index contributed by atoms with van der Waals surface area (Å²) in [5.74, 6) is 0.987. The van der Waals surface area contributed by atoms with E-state index < -0.39 is 0 Å². The van der Waals surface area contributed by atoms with Gasteiger partial charge in [0.15, 0.2) is 5.82 Å². The first-order valence-corrected chi connectivity index (χ1v) is 7.66. The predicted molar refractivity (Wildman–Crippen MR) is 93.3 cm³/mol. The molecule has 23 heavy (non-hydrogen) atoms. The molecule has 7 heteroatoms. The monoisotopic (exact) mass is 345 g/mol. The van der Waals surface area contributed by atoms with Gasteiger partial charge in [-0.1, -0.05) is 47.5 Å². The third-order valence-corrected chi connectivity index (χ3v) is 3.65. The minimum absolute atomic E-state index is 0.414. The Morgan fingerprint density at radius 3 is 2.70 bits per heavy atom. The van der Waals surface area contributed by atoms with Crippen LogP contribution < -0.4 is 10.6 Å². The lowest BCUT2D eigenvalue weighted by Crippen LogP contribution is -2.06. The molecule has 0 fully saturated rings. The van der Waals surface area contributed by atoms with E-state index in [0.29, 0.717) is 28.4 Å². The summed E-state index contributed by atoms with van der Waals surface area (Å²) >= 11 is 12.1. The van der Waals surface area contributed by atoms with Gasteiger partial charge in [0.25, 0.3) is 0 Å². The average molecular weight is 346 g/mol. The van der Waals surface area contributed by atoms with Gasteiger partial charge in [0.05, 0.1) is 6.20 Å². The minimum Gasteiger partial charge on any atom is -0.349 e. The maximum absolute atomic E-state index is 6.12. The lowest BCUT2D eigenvalue weighted by atomic mass is 10.2. The van der Waals surface area contributed by atoms with Gasteiger partial charge in [0.2, 0.25) is 5.95 Å². The summed E-state index contributed by atoms with van der Waals surface area (Å²) in [6.07, 6.45) is 1.54. The number of anilines is 3. The second kappa shape index (κ2) is 7.26. The van der Waals surface area contributed by atoms with Crippen LogP contribution in [-0.2, 0) is 6.54 Å². The van der Waals surface area contributed by atoms with Gasteiger partial charge in [0.1, 0.15) is 0 Å². The molecule has 5 nitrogen and oxygen atoms in total. The summed E-state index contributed by atoms with van der Waals surface area (Å²) in [5, 5.41) is 15.5. The van der Waals surface area contributed by atoms with Gasteiger partial charge in [-0.15, -0.1) is 5.10 Å². The number of rotatable bonds is 5. The first-order chi connectivity index (χ1) is 11.2. The van der Waals surface area contributed by atoms with E-state index in [1.807, 2.05) is 42.5 Å². The van der Waals surface area contributed by atoms with Crippen LogP contribution in [0.5, 0.6) is 0 Å². The Bertz CT molecular complexity index is 810. The molecule has 116 valence electrons. The molecule has 2 N–H and O–H groups in total. The zero-order valence-electron chi connectivity index (χ0n) is 12.0. The molecule has 0 spiro atoms. The maximum Gasteiger partial charge on any atom is 0.244 e. The molecule has 0 amide bonds. The second-order valence-electron chi connectivity index (χ2n) is 4.75. The standard InChI is InChI=1S/C16H13Cl2N5/c17-12-5-3-6-13(8-12)21-15-10-20-23-16(22-15)19-9-11-4-1-2-7-14(11)18/h1-8,10H,9H2,(H2,19,21,22,23). The highest BCUT2D eigenvalue weighted by atomic mass is 35.5. The van der Waals surface area contributed by atoms with E-state index in [0.717, 1.165) is 11.3 Å². The summed E-state index contributed by atoms with van der Waals surface area (Å²) < 4.78 is 0. The molecule has 0 radical (unpaired) electrons. The molecular formula is C16H13Cl2N5. The number of nitrogens with zero attached hydrogens (tertiary/aromatic N) is 3. The smallest absolute Gasteiger partial charge is 0.244 e. The molecule has 0 aliphatic heterocycles. The van der Waals surface area contributed by atoms with Gasteiger partial charge in [-0.05, 0) is 29.8 Å². The Morgan fingerprint density at radius 2 is 1.87 bits per heavy atom. The molecule has 3 rings (SSSR count). The van der Waals surface area contributed by atoms with Crippen LogP contribution in [0.3, 0.4) is 0 Å². The summed E-state index contributed by atoms with van der Waals surface area (Å²) in [4.78, 5) is 4.36. The van der Waals surface area contributed by atoms with Crippen molar-refractivity contribution in [3.8, 4) is 0 Å². The topological polar surface area (TPSA) is 62.7 Å². The first-order valence-electron chi connectivity index (χ1n) is 6.90. The van der Waals surface area contributed by atoms with Crippen molar-refractivity contribution in [2.75, 3.05) is 10.6 Å². The number of halogens is 2. The molecule has 3 aromatic rings. The number of nitrogens with one attached hydrogen (secondary N) is 2. The summed E-state index contributed by atoms with van der Waals surface area (Å²) in [6.45, 7) is 0.516. The summed E-state index contributed by atoms with van der Waals surface area (Å²) in [7, 11) is 0. The Morgan fingerprint density at radius 1 is 1.00 bits per heavy atom. The van der Waals surface area contributed by atoms with Crippen LogP contribution in [0.4, 0.5) is 17.5 Å². The van der Waals surface area contributed by atoms with Crippen molar-refractivity contribution < 1.29 is 0 Å². The number of hydrogen-bond donors (Lipinski definition) is 2. The van der Waals surface area contributed by atoms with E-state index in [1.165, 1.54) is 0 Å². The van der Waals surface area contributed by atoms with Crippen molar-refractivity contribution in [1.29, 1.82) is 0 Å². The molecule has 2 aromatic carbocycles. The Kier molecular flexibility index (Phi) is 4.90. The van der Waals surface area contributed by atoms with E-state index >= 15 is 0 Å². The lowest BCUT2D eigenvalue weighted by molar-refractivity contribution is 0.949. The molecule has 0 atom stereocenters. The quantitative estimate of drug-likeness (QED) is 0.710. The fourth-order valence-electron chi connectivity index (χ4n) is 1.97. The molecule has 1 aromatic heterocycles. The van der Waals surface area contributed by atoms with Crippen LogP contribution >= 0.6 is 23.2 Å². The zero-order chi connectivity index (χ0) is 16.1.